The summed E-state index contributed by atoms with van der Waals surface area (Å²) in [4.78, 5) is 24.5. The molecule has 0 radical (unpaired) electrons. The summed E-state index contributed by atoms with van der Waals surface area (Å²) >= 11 is 0. The van der Waals surface area contributed by atoms with Crippen LogP contribution in [0.5, 0.6) is 0 Å². The van der Waals surface area contributed by atoms with Gasteiger partial charge < -0.3 is 20.3 Å². The smallest absolute Gasteiger partial charge is 0.305 e. The van der Waals surface area contributed by atoms with E-state index >= 15 is 0 Å². The number of unbranched alkanes of at least 4 members (excludes halogenated alkanes) is 46. The molecule has 0 saturated carbocycles. The third kappa shape index (κ3) is 64.6. The third-order valence-electron chi connectivity index (χ3n) is 16.0. The Bertz CT molecular complexity index is 1370. The number of aliphatic hydroxyl groups excluding tert-OH is 2. The van der Waals surface area contributed by atoms with Gasteiger partial charge in [-0.05, 0) is 96.3 Å². The van der Waals surface area contributed by atoms with Crippen molar-refractivity contribution >= 4 is 11.9 Å². The first-order valence-corrected chi connectivity index (χ1v) is 35.1. The third-order valence-corrected chi connectivity index (χ3v) is 16.0. The molecule has 0 fully saturated rings. The van der Waals surface area contributed by atoms with Crippen molar-refractivity contribution in [2.45, 2.75) is 379 Å². The lowest BCUT2D eigenvalue weighted by Crippen LogP contribution is -2.45. The lowest BCUT2D eigenvalue weighted by molar-refractivity contribution is -0.143. The SMILES string of the molecule is CCCCC/C=C\C/C=C\CCCCCCCC(=O)OCCCCCCCCCCCCCCC/C=C\C/C=C\CCCCCCCCCCCCCCCCCCCC(=O)NC(CO)C(O)/C=C/CCCCCCCCCC. The summed E-state index contributed by atoms with van der Waals surface area (Å²) in [5, 5.41) is 23.0. The molecule has 462 valence electrons. The van der Waals surface area contributed by atoms with Crippen molar-refractivity contribution in [1.29, 1.82) is 0 Å². The minimum Gasteiger partial charge on any atom is -0.466 e. The number of ether oxygens (including phenoxy) is 1. The molecule has 6 nitrogen and oxygen atoms in total. The topological polar surface area (TPSA) is 95.9 Å². The van der Waals surface area contributed by atoms with Crippen molar-refractivity contribution in [3.05, 3.63) is 60.8 Å². The van der Waals surface area contributed by atoms with E-state index in [-0.39, 0.29) is 18.5 Å². The van der Waals surface area contributed by atoms with E-state index < -0.39 is 12.1 Å². The van der Waals surface area contributed by atoms with E-state index in [0.29, 0.717) is 19.4 Å². The molecule has 1 amide bonds. The normalized spacial score (nSPS) is 12.9. The fourth-order valence-electron chi connectivity index (χ4n) is 10.6. The quantitative estimate of drug-likeness (QED) is 0.0320. The summed E-state index contributed by atoms with van der Waals surface area (Å²) in [5.41, 5.74) is 0. The highest BCUT2D eigenvalue weighted by Gasteiger charge is 2.18. The molecule has 0 aliphatic rings. The van der Waals surface area contributed by atoms with Crippen LogP contribution in [0.2, 0.25) is 0 Å². The Kier molecular flexibility index (Phi) is 66.0. The minimum atomic E-state index is -0.841. The zero-order valence-corrected chi connectivity index (χ0v) is 52.9. The number of allylic oxidation sites excluding steroid dienone is 9. The Morgan fingerprint density at radius 3 is 0.987 bits per heavy atom. The Morgan fingerprint density at radius 2 is 0.633 bits per heavy atom. The molecular formula is C73H135NO5. The van der Waals surface area contributed by atoms with Crippen molar-refractivity contribution in [2.75, 3.05) is 13.2 Å². The average Bonchev–Trinajstić information content (AvgIpc) is 3.45. The molecule has 79 heavy (non-hydrogen) atoms. The number of rotatable bonds is 65. The first-order valence-electron chi connectivity index (χ1n) is 35.1. The van der Waals surface area contributed by atoms with Crippen LogP contribution in [0.1, 0.15) is 367 Å². The van der Waals surface area contributed by atoms with E-state index in [4.69, 9.17) is 4.74 Å². The van der Waals surface area contributed by atoms with Crippen molar-refractivity contribution in [1.82, 2.24) is 5.32 Å². The second-order valence-electron chi connectivity index (χ2n) is 23.9. The predicted octanol–water partition coefficient (Wildman–Crippen LogP) is 22.6. The highest BCUT2D eigenvalue weighted by atomic mass is 16.5. The largest absolute Gasteiger partial charge is 0.466 e. The molecule has 6 heteroatoms. The van der Waals surface area contributed by atoms with Crippen molar-refractivity contribution in [3.63, 3.8) is 0 Å². The lowest BCUT2D eigenvalue weighted by Gasteiger charge is -2.20. The minimum absolute atomic E-state index is 0.00418. The van der Waals surface area contributed by atoms with E-state index in [1.165, 1.54) is 283 Å². The second-order valence-corrected chi connectivity index (χ2v) is 23.9. The summed E-state index contributed by atoms with van der Waals surface area (Å²) < 4.78 is 5.49. The Hall–Kier alpha value is -2.44. The Balaban J connectivity index is 3.36. The molecule has 0 aromatic rings. The van der Waals surface area contributed by atoms with Gasteiger partial charge in [-0.3, -0.25) is 9.59 Å². The fourth-order valence-corrected chi connectivity index (χ4v) is 10.6. The summed E-state index contributed by atoms with van der Waals surface area (Å²) in [6.45, 7) is 4.87. The number of hydrogen-bond acceptors (Lipinski definition) is 5. The number of carbonyl (C=O) groups is 2. The number of carbonyl (C=O) groups excluding carboxylic acids is 2. The molecule has 2 atom stereocenters. The van der Waals surface area contributed by atoms with Gasteiger partial charge in [0.2, 0.25) is 5.91 Å². The molecule has 0 bridgehead atoms. The highest BCUT2D eigenvalue weighted by Crippen LogP contribution is 2.18. The van der Waals surface area contributed by atoms with Crippen molar-refractivity contribution in [2.24, 2.45) is 0 Å². The fraction of sp³-hybridized carbons (Fsp3) is 0.836. The summed E-state index contributed by atoms with van der Waals surface area (Å²) in [6.07, 6.45) is 90.3. The summed E-state index contributed by atoms with van der Waals surface area (Å²) in [7, 11) is 0. The standard InChI is InChI=1S/C73H135NO5/c1-3-5-7-9-11-13-15-16-40-44-47-51-55-59-63-67-73(78)79-68-64-60-56-52-48-45-42-39-37-35-33-31-29-27-25-23-21-19-17-18-20-22-24-26-28-30-32-34-36-38-41-43-46-50-54-58-62-66-72(77)74-70(69-75)71(76)65-61-57-53-49-14-12-10-8-6-4-2/h11,13,16-17,19,23,25,40,61,65,70-71,75-76H,3-10,12,14-15,18,20-22,24,26-39,41-60,62-64,66-69H2,1-2H3,(H,74,77)/b13-11-,19-17-,25-23-,40-16-,65-61+. The maximum atomic E-state index is 12.4. The average molecular weight is 1110 g/mol. The van der Waals surface area contributed by atoms with Crippen LogP contribution < -0.4 is 5.32 Å². The highest BCUT2D eigenvalue weighted by molar-refractivity contribution is 5.76. The zero-order chi connectivity index (χ0) is 57.1. The molecule has 2 unspecified atom stereocenters. The van der Waals surface area contributed by atoms with Gasteiger partial charge in [-0.1, -0.05) is 319 Å². The van der Waals surface area contributed by atoms with Gasteiger partial charge in [0.05, 0.1) is 25.4 Å². The number of nitrogens with one attached hydrogen (secondary N) is 1. The molecule has 3 N–H and O–H groups in total. The Labute approximate surface area is 492 Å². The van der Waals surface area contributed by atoms with E-state index in [9.17, 15) is 19.8 Å². The number of aliphatic hydroxyl groups is 2. The van der Waals surface area contributed by atoms with Crippen LogP contribution in [0.15, 0.2) is 60.8 Å². The maximum Gasteiger partial charge on any atom is 0.305 e. The molecule has 0 spiro atoms. The van der Waals surface area contributed by atoms with E-state index in [0.717, 1.165) is 57.8 Å². The van der Waals surface area contributed by atoms with Crippen LogP contribution in [0, 0.1) is 0 Å². The zero-order valence-electron chi connectivity index (χ0n) is 52.9. The van der Waals surface area contributed by atoms with Gasteiger partial charge in [0.25, 0.3) is 0 Å². The van der Waals surface area contributed by atoms with Crippen LogP contribution in [0.4, 0.5) is 0 Å². The molecular weight excluding hydrogens is 971 g/mol. The van der Waals surface area contributed by atoms with Crippen molar-refractivity contribution < 1.29 is 24.5 Å². The van der Waals surface area contributed by atoms with Gasteiger partial charge in [-0.15, -0.1) is 0 Å². The van der Waals surface area contributed by atoms with Gasteiger partial charge >= 0.3 is 5.97 Å². The van der Waals surface area contributed by atoms with E-state index in [2.05, 4.69) is 67.8 Å². The molecule has 0 saturated heterocycles. The predicted molar refractivity (Wildman–Crippen MR) is 347 cm³/mol. The van der Waals surface area contributed by atoms with Crippen LogP contribution in [-0.4, -0.2) is 47.4 Å². The lowest BCUT2D eigenvalue weighted by atomic mass is 10.0. The van der Waals surface area contributed by atoms with Crippen molar-refractivity contribution in [3.8, 4) is 0 Å². The number of hydrogen-bond donors (Lipinski definition) is 3. The van der Waals surface area contributed by atoms with Gasteiger partial charge in [0.15, 0.2) is 0 Å². The summed E-state index contributed by atoms with van der Waals surface area (Å²) in [5.74, 6) is -0.0625. The van der Waals surface area contributed by atoms with E-state index in [1.807, 2.05) is 6.08 Å². The molecule has 0 heterocycles. The van der Waals surface area contributed by atoms with Crippen LogP contribution >= 0.6 is 0 Å². The van der Waals surface area contributed by atoms with Crippen LogP contribution in [0.25, 0.3) is 0 Å². The molecule has 0 aliphatic carbocycles. The molecule has 0 rings (SSSR count). The van der Waals surface area contributed by atoms with E-state index in [1.54, 1.807) is 6.08 Å². The maximum absolute atomic E-state index is 12.4. The second kappa shape index (κ2) is 68.1. The molecule has 0 aromatic carbocycles. The summed E-state index contributed by atoms with van der Waals surface area (Å²) in [6, 6.07) is -0.625. The first kappa shape index (κ1) is 76.6. The van der Waals surface area contributed by atoms with Crippen LogP contribution in [0.3, 0.4) is 0 Å². The van der Waals surface area contributed by atoms with Gasteiger partial charge in [-0.2, -0.15) is 0 Å². The monoisotopic (exact) mass is 1110 g/mol. The van der Waals surface area contributed by atoms with Gasteiger partial charge in [0, 0.05) is 12.8 Å². The Morgan fingerprint density at radius 1 is 0.354 bits per heavy atom. The number of esters is 1. The number of amides is 1. The first-order chi connectivity index (χ1) is 39.0. The van der Waals surface area contributed by atoms with Gasteiger partial charge in [0.1, 0.15) is 0 Å². The van der Waals surface area contributed by atoms with Crippen LogP contribution in [-0.2, 0) is 14.3 Å². The molecule has 0 aliphatic heterocycles. The molecule has 0 aromatic heterocycles. The van der Waals surface area contributed by atoms with Gasteiger partial charge in [-0.25, -0.2) is 0 Å².